The molecule has 1 amide bonds. The summed E-state index contributed by atoms with van der Waals surface area (Å²) in [4.78, 5) is 18.1. The van der Waals surface area contributed by atoms with Gasteiger partial charge in [-0.05, 0) is 32.4 Å². The molecule has 1 aromatic rings. The Balaban J connectivity index is 0.00000576. The number of nitrogens with zero attached hydrogens (tertiary/aromatic N) is 2. The number of rotatable bonds is 7. The number of benzene rings is 1. The number of aliphatic imine (C=N–C) groups is 1. The molecular weight excluding hydrogens is 431 g/mol. The smallest absolute Gasteiger partial charge is 0.227 e. The zero-order chi connectivity index (χ0) is 18.2. The molecule has 1 aromatic carbocycles. The van der Waals surface area contributed by atoms with E-state index in [1.54, 1.807) is 14.1 Å². The average Bonchev–Trinajstić information content (AvgIpc) is 2.56. The molecule has 0 heterocycles. The summed E-state index contributed by atoms with van der Waals surface area (Å²) in [5.74, 6) is 1.63. The zero-order valence-electron chi connectivity index (χ0n) is 16.0. The Labute approximate surface area is 168 Å². The number of nitrogens with one attached hydrogen (secondary N) is 2. The van der Waals surface area contributed by atoms with E-state index in [2.05, 4.69) is 15.6 Å². The van der Waals surface area contributed by atoms with Crippen LogP contribution in [0.2, 0.25) is 0 Å². The van der Waals surface area contributed by atoms with Crippen LogP contribution in [0.15, 0.2) is 29.3 Å². The lowest BCUT2D eigenvalue weighted by molar-refractivity contribution is -0.128. The topological polar surface area (TPSA) is 66.0 Å². The number of likely N-dealkylation sites (N-methyl/N-ethyl adjacent to an activating group) is 1. The van der Waals surface area contributed by atoms with Gasteiger partial charge in [-0.3, -0.25) is 9.79 Å². The van der Waals surface area contributed by atoms with Gasteiger partial charge in [0.1, 0.15) is 12.4 Å². The van der Waals surface area contributed by atoms with Crippen molar-refractivity contribution in [2.45, 2.75) is 20.8 Å². The van der Waals surface area contributed by atoms with Gasteiger partial charge in [0.15, 0.2) is 5.96 Å². The summed E-state index contributed by atoms with van der Waals surface area (Å²) < 4.78 is 5.81. The summed E-state index contributed by atoms with van der Waals surface area (Å²) in [5, 5.41) is 5.93. The summed E-state index contributed by atoms with van der Waals surface area (Å²) in [5.41, 5.74) is 0.610. The van der Waals surface area contributed by atoms with Crippen molar-refractivity contribution < 1.29 is 9.53 Å². The van der Waals surface area contributed by atoms with Gasteiger partial charge in [0.05, 0.1) is 12.0 Å². The maximum absolute atomic E-state index is 11.8. The van der Waals surface area contributed by atoms with Crippen LogP contribution in [0.1, 0.15) is 19.4 Å². The number of amides is 1. The monoisotopic (exact) mass is 462 g/mol. The van der Waals surface area contributed by atoms with Gasteiger partial charge in [-0.15, -0.1) is 24.0 Å². The summed E-state index contributed by atoms with van der Waals surface area (Å²) in [6.45, 7) is 7.57. The Hall–Kier alpha value is -1.51. The Kier molecular flexibility index (Phi) is 10.5. The van der Waals surface area contributed by atoms with E-state index in [1.165, 1.54) is 0 Å². The Bertz CT molecular complexity index is 576. The molecule has 7 heteroatoms. The average molecular weight is 462 g/mol. The van der Waals surface area contributed by atoms with Crippen molar-refractivity contribution in [2.75, 3.05) is 40.8 Å². The number of hydrogen-bond acceptors (Lipinski definition) is 3. The number of carbonyl (C=O) groups is 1. The molecule has 0 fully saturated rings. The van der Waals surface area contributed by atoms with Crippen molar-refractivity contribution in [2.24, 2.45) is 10.4 Å². The maximum atomic E-state index is 11.8. The van der Waals surface area contributed by atoms with Crippen LogP contribution in [0.3, 0.4) is 0 Å². The lowest BCUT2D eigenvalue weighted by Crippen LogP contribution is -2.48. The highest BCUT2D eigenvalue weighted by atomic mass is 127. The molecule has 0 bridgehead atoms. The van der Waals surface area contributed by atoms with E-state index in [9.17, 15) is 4.79 Å². The molecule has 0 radical (unpaired) electrons. The molecule has 0 aliphatic rings. The van der Waals surface area contributed by atoms with Crippen molar-refractivity contribution >= 4 is 35.8 Å². The molecule has 0 spiro atoms. The highest BCUT2D eigenvalue weighted by molar-refractivity contribution is 14.0. The second-order valence-electron chi connectivity index (χ2n) is 6.40. The number of halogens is 1. The first-order chi connectivity index (χ1) is 11.3. The van der Waals surface area contributed by atoms with Gasteiger partial charge in [0, 0.05) is 27.7 Å². The van der Waals surface area contributed by atoms with E-state index in [1.807, 2.05) is 57.0 Å². The van der Waals surface area contributed by atoms with Crippen molar-refractivity contribution in [1.29, 1.82) is 0 Å². The van der Waals surface area contributed by atoms with Crippen LogP contribution < -0.4 is 15.4 Å². The number of para-hydroxylation sites is 1. The Morgan fingerprint density at radius 2 is 1.96 bits per heavy atom. The van der Waals surface area contributed by atoms with Crippen LogP contribution in [-0.4, -0.2) is 57.6 Å². The fourth-order valence-corrected chi connectivity index (χ4v) is 2.22. The highest BCUT2D eigenvalue weighted by Crippen LogP contribution is 2.16. The number of carbonyl (C=O) groups excluding carboxylic acids is 1. The van der Waals surface area contributed by atoms with E-state index >= 15 is 0 Å². The number of ether oxygens (including phenoxy) is 1. The predicted octanol–water partition coefficient (Wildman–Crippen LogP) is 2.27. The predicted molar refractivity (Wildman–Crippen MR) is 114 cm³/mol. The minimum Gasteiger partial charge on any atom is -0.491 e. The van der Waals surface area contributed by atoms with Gasteiger partial charge in [-0.1, -0.05) is 18.2 Å². The van der Waals surface area contributed by atoms with Crippen molar-refractivity contribution in [3.05, 3.63) is 29.8 Å². The van der Waals surface area contributed by atoms with Gasteiger partial charge in [-0.25, -0.2) is 0 Å². The van der Waals surface area contributed by atoms with E-state index in [0.717, 1.165) is 17.3 Å². The third-order valence-corrected chi connectivity index (χ3v) is 3.88. The van der Waals surface area contributed by atoms with E-state index in [0.29, 0.717) is 19.7 Å². The van der Waals surface area contributed by atoms with Crippen LogP contribution in [0, 0.1) is 12.3 Å². The van der Waals surface area contributed by atoms with Gasteiger partial charge in [0.25, 0.3) is 0 Å². The van der Waals surface area contributed by atoms with Crippen LogP contribution >= 0.6 is 24.0 Å². The second kappa shape index (κ2) is 11.2. The number of guanidine groups is 1. The van der Waals surface area contributed by atoms with Crippen LogP contribution in [-0.2, 0) is 4.79 Å². The van der Waals surface area contributed by atoms with E-state index in [-0.39, 0.29) is 29.9 Å². The highest BCUT2D eigenvalue weighted by Gasteiger charge is 2.27. The van der Waals surface area contributed by atoms with Crippen molar-refractivity contribution in [3.63, 3.8) is 0 Å². The van der Waals surface area contributed by atoms with Crippen LogP contribution in [0.25, 0.3) is 0 Å². The zero-order valence-corrected chi connectivity index (χ0v) is 18.4. The molecule has 1 rings (SSSR count). The van der Waals surface area contributed by atoms with Crippen molar-refractivity contribution in [1.82, 2.24) is 15.5 Å². The summed E-state index contributed by atoms with van der Waals surface area (Å²) >= 11 is 0. The lowest BCUT2D eigenvalue weighted by Gasteiger charge is -2.27. The summed E-state index contributed by atoms with van der Waals surface area (Å²) in [7, 11) is 5.32. The minimum atomic E-state index is -0.511. The Morgan fingerprint density at radius 1 is 1.32 bits per heavy atom. The SMILES string of the molecule is CN=C(NCC(C)(C)C(=O)NC)N(C)CCOc1ccccc1C.I. The second-order valence-corrected chi connectivity index (χ2v) is 6.40. The molecule has 0 saturated heterocycles. The van der Waals surface area contributed by atoms with E-state index < -0.39 is 5.41 Å². The molecule has 0 saturated carbocycles. The fraction of sp³-hybridized carbons (Fsp3) is 0.556. The summed E-state index contributed by atoms with van der Waals surface area (Å²) in [6, 6.07) is 7.95. The van der Waals surface area contributed by atoms with Crippen molar-refractivity contribution in [3.8, 4) is 5.75 Å². The first kappa shape index (κ1) is 23.5. The van der Waals surface area contributed by atoms with E-state index in [4.69, 9.17) is 4.74 Å². The fourth-order valence-electron chi connectivity index (χ4n) is 2.22. The first-order valence-corrected chi connectivity index (χ1v) is 8.14. The molecule has 0 aliphatic carbocycles. The standard InChI is InChI=1S/C18H30N4O2.HI/c1-14-9-7-8-10-15(14)24-12-11-22(6)17(20-5)21-13-18(2,3)16(23)19-4;/h7-10H,11-13H2,1-6H3,(H,19,23)(H,20,21);1H. The molecule has 0 atom stereocenters. The van der Waals surface area contributed by atoms with Gasteiger partial charge in [0.2, 0.25) is 5.91 Å². The Morgan fingerprint density at radius 3 is 2.52 bits per heavy atom. The lowest BCUT2D eigenvalue weighted by atomic mass is 9.92. The number of aryl methyl sites for hydroxylation is 1. The van der Waals surface area contributed by atoms with Gasteiger partial charge >= 0.3 is 0 Å². The molecule has 0 unspecified atom stereocenters. The summed E-state index contributed by atoms with van der Waals surface area (Å²) in [6.07, 6.45) is 0. The molecular formula is C18H31IN4O2. The third-order valence-electron chi connectivity index (χ3n) is 3.88. The maximum Gasteiger partial charge on any atom is 0.227 e. The molecule has 25 heavy (non-hydrogen) atoms. The van der Waals surface area contributed by atoms with Crippen LogP contribution in [0.5, 0.6) is 5.75 Å². The molecule has 2 N–H and O–H groups in total. The minimum absolute atomic E-state index is 0. The van der Waals surface area contributed by atoms with Gasteiger partial charge < -0.3 is 20.3 Å². The van der Waals surface area contributed by atoms with Gasteiger partial charge in [-0.2, -0.15) is 0 Å². The first-order valence-electron chi connectivity index (χ1n) is 8.14. The largest absolute Gasteiger partial charge is 0.491 e. The normalized spacial score (nSPS) is 11.4. The van der Waals surface area contributed by atoms with Crippen LogP contribution in [0.4, 0.5) is 0 Å². The quantitative estimate of drug-likeness (QED) is 0.371. The molecule has 6 nitrogen and oxygen atoms in total. The third kappa shape index (κ3) is 7.50. The molecule has 0 aliphatic heterocycles. The number of hydrogen-bond donors (Lipinski definition) is 2. The molecule has 0 aromatic heterocycles. The molecule has 142 valence electrons.